The molecular weight excluding hydrogens is 232 g/mol. The van der Waals surface area contributed by atoms with Crippen LogP contribution in [0.15, 0.2) is 12.3 Å². The molecule has 0 aromatic carbocycles. The summed E-state index contributed by atoms with van der Waals surface area (Å²) in [6.07, 6.45) is 4.84. The van der Waals surface area contributed by atoms with Crippen LogP contribution in [0.1, 0.15) is 36.2 Å². The van der Waals surface area contributed by atoms with Gasteiger partial charge < -0.3 is 21.4 Å². The Morgan fingerprint density at radius 1 is 1.44 bits per heavy atom. The number of aromatic nitrogens is 1. The van der Waals surface area contributed by atoms with Gasteiger partial charge in [-0.3, -0.25) is 9.59 Å². The quantitative estimate of drug-likeness (QED) is 0.549. The molecule has 0 aliphatic heterocycles. The molecule has 0 unspecified atom stereocenters. The van der Waals surface area contributed by atoms with Crippen molar-refractivity contribution in [3.05, 3.63) is 18.0 Å². The molecule has 1 aromatic heterocycles. The van der Waals surface area contributed by atoms with Crippen molar-refractivity contribution in [1.82, 2.24) is 15.6 Å². The number of carbonyl (C=O) groups is 2. The first kappa shape index (κ1) is 12.5. The largest absolute Gasteiger partial charge is 0.397 e. The summed E-state index contributed by atoms with van der Waals surface area (Å²) in [5, 5.41) is 5.63. The number of amides is 2. The van der Waals surface area contributed by atoms with Crippen LogP contribution in [-0.4, -0.2) is 29.4 Å². The molecule has 2 amide bonds. The molecule has 1 fully saturated rings. The van der Waals surface area contributed by atoms with Crippen LogP contribution in [0.25, 0.3) is 0 Å². The molecule has 0 atom stereocenters. The molecular formula is C12H18N4O2. The van der Waals surface area contributed by atoms with Gasteiger partial charge >= 0.3 is 0 Å². The molecule has 0 spiro atoms. The number of nitrogen functional groups attached to an aromatic ring is 1. The fourth-order valence-electron chi connectivity index (χ4n) is 1.62. The van der Waals surface area contributed by atoms with Crippen molar-refractivity contribution in [2.75, 3.05) is 12.3 Å². The predicted octanol–water partition coefficient (Wildman–Crippen LogP) is 0.385. The molecule has 6 heteroatoms. The second kappa shape index (κ2) is 5.57. The lowest BCUT2D eigenvalue weighted by Crippen LogP contribution is -2.28. The van der Waals surface area contributed by atoms with Crippen LogP contribution in [0.3, 0.4) is 0 Å². The Morgan fingerprint density at radius 2 is 2.22 bits per heavy atom. The number of hydrogen-bond donors (Lipinski definition) is 4. The molecule has 1 aromatic rings. The number of aromatic amines is 1. The second-order valence-corrected chi connectivity index (χ2v) is 4.55. The molecule has 0 bridgehead atoms. The molecule has 1 saturated carbocycles. The second-order valence-electron chi connectivity index (χ2n) is 4.55. The summed E-state index contributed by atoms with van der Waals surface area (Å²) in [5.41, 5.74) is 6.47. The van der Waals surface area contributed by atoms with Crippen LogP contribution in [0, 0.1) is 0 Å². The number of nitrogens with two attached hydrogens (primary N) is 1. The van der Waals surface area contributed by atoms with E-state index in [-0.39, 0.29) is 11.8 Å². The SMILES string of the molecule is Nc1c[nH]c(C(=O)NCCCC(=O)NC2CC2)c1. The van der Waals surface area contributed by atoms with E-state index in [4.69, 9.17) is 5.73 Å². The molecule has 0 radical (unpaired) electrons. The normalized spacial score (nSPS) is 14.2. The highest BCUT2D eigenvalue weighted by Gasteiger charge is 2.22. The first-order valence-electron chi connectivity index (χ1n) is 6.16. The third-order valence-electron chi connectivity index (χ3n) is 2.76. The fourth-order valence-corrected chi connectivity index (χ4v) is 1.62. The number of nitrogens with one attached hydrogen (secondary N) is 3. The first-order chi connectivity index (χ1) is 8.65. The first-order valence-corrected chi connectivity index (χ1v) is 6.16. The van der Waals surface area contributed by atoms with Crippen molar-refractivity contribution >= 4 is 17.5 Å². The van der Waals surface area contributed by atoms with Gasteiger partial charge in [0, 0.05) is 30.9 Å². The van der Waals surface area contributed by atoms with Gasteiger partial charge in [0.15, 0.2) is 0 Å². The fraction of sp³-hybridized carbons (Fsp3) is 0.500. The molecule has 98 valence electrons. The smallest absolute Gasteiger partial charge is 0.267 e. The predicted molar refractivity (Wildman–Crippen MR) is 67.9 cm³/mol. The van der Waals surface area contributed by atoms with Crippen LogP contribution < -0.4 is 16.4 Å². The number of H-pyrrole nitrogens is 1. The maximum absolute atomic E-state index is 11.6. The molecule has 18 heavy (non-hydrogen) atoms. The van der Waals surface area contributed by atoms with Gasteiger partial charge in [-0.2, -0.15) is 0 Å². The van der Waals surface area contributed by atoms with Crippen molar-refractivity contribution in [2.45, 2.75) is 31.7 Å². The number of rotatable bonds is 6. The molecule has 1 heterocycles. The Balaban J connectivity index is 1.59. The lowest BCUT2D eigenvalue weighted by molar-refractivity contribution is -0.121. The minimum Gasteiger partial charge on any atom is -0.397 e. The summed E-state index contributed by atoms with van der Waals surface area (Å²) in [6.45, 7) is 0.482. The molecule has 5 N–H and O–H groups in total. The van der Waals surface area contributed by atoms with Gasteiger partial charge in [-0.1, -0.05) is 0 Å². The van der Waals surface area contributed by atoms with Gasteiger partial charge in [0.1, 0.15) is 5.69 Å². The lowest BCUT2D eigenvalue weighted by Gasteiger charge is -2.04. The standard InChI is InChI=1S/C12H18N4O2/c13-8-6-10(15-7-8)12(18)14-5-1-2-11(17)16-9-3-4-9/h6-7,9,15H,1-5,13H2,(H,14,18)(H,16,17). The average Bonchev–Trinajstić information content (AvgIpc) is 3.03. The maximum atomic E-state index is 11.6. The van der Waals surface area contributed by atoms with Crippen molar-refractivity contribution in [3.63, 3.8) is 0 Å². The van der Waals surface area contributed by atoms with Crippen LogP contribution in [0.4, 0.5) is 5.69 Å². The highest BCUT2D eigenvalue weighted by Crippen LogP contribution is 2.18. The number of hydrogen-bond acceptors (Lipinski definition) is 3. The minimum atomic E-state index is -0.200. The van der Waals surface area contributed by atoms with Gasteiger partial charge in [0.2, 0.25) is 5.91 Å². The Bertz CT molecular complexity index is 437. The zero-order chi connectivity index (χ0) is 13.0. The third kappa shape index (κ3) is 3.80. The van der Waals surface area contributed by atoms with E-state index in [2.05, 4.69) is 15.6 Å². The van der Waals surface area contributed by atoms with Crippen molar-refractivity contribution < 1.29 is 9.59 Å². The number of carbonyl (C=O) groups excluding carboxylic acids is 2. The Labute approximate surface area is 105 Å². The van der Waals surface area contributed by atoms with Gasteiger partial charge in [-0.25, -0.2) is 0 Å². The Morgan fingerprint density at radius 3 is 2.83 bits per heavy atom. The maximum Gasteiger partial charge on any atom is 0.267 e. The van der Waals surface area contributed by atoms with E-state index in [1.807, 2.05) is 0 Å². The summed E-state index contributed by atoms with van der Waals surface area (Å²) < 4.78 is 0. The highest BCUT2D eigenvalue weighted by molar-refractivity contribution is 5.93. The minimum absolute atomic E-state index is 0.0656. The van der Waals surface area contributed by atoms with Crippen molar-refractivity contribution in [2.24, 2.45) is 0 Å². The van der Waals surface area contributed by atoms with E-state index in [1.165, 1.54) is 0 Å². The Kier molecular flexibility index (Phi) is 3.86. The lowest BCUT2D eigenvalue weighted by atomic mass is 10.3. The van der Waals surface area contributed by atoms with Crippen LogP contribution in [-0.2, 0) is 4.79 Å². The van der Waals surface area contributed by atoms with Gasteiger partial charge in [-0.15, -0.1) is 0 Å². The topological polar surface area (TPSA) is 100 Å². The summed E-state index contributed by atoms with van der Waals surface area (Å²) in [4.78, 5) is 25.7. The summed E-state index contributed by atoms with van der Waals surface area (Å²) in [5.74, 6) is -0.134. The zero-order valence-electron chi connectivity index (χ0n) is 10.2. The monoisotopic (exact) mass is 250 g/mol. The van der Waals surface area contributed by atoms with E-state index in [9.17, 15) is 9.59 Å². The van der Waals surface area contributed by atoms with Gasteiger partial charge in [0.25, 0.3) is 5.91 Å². The molecule has 2 rings (SSSR count). The molecule has 1 aliphatic carbocycles. The van der Waals surface area contributed by atoms with E-state index in [1.54, 1.807) is 12.3 Å². The van der Waals surface area contributed by atoms with E-state index in [0.29, 0.717) is 36.8 Å². The summed E-state index contributed by atoms with van der Waals surface area (Å²) in [7, 11) is 0. The van der Waals surface area contributed by atoms with E-state index in [0.717, 1.165) is 12.8 Å². The summed E-state index contributed by atoms with van der Waals surface area (Å²) >= 11 is 0. The van der Waals surface area contributed by atoms with Crippen LogP contribution >= 0.6 is 0 Å². The molecule has 0 saturated heterocycles. The van der Waals surface area contributed by atoms with Crippen LogP contribution in [0.5, 0.6) is 0 Å². The van der Waals surface area contributed by atoms with Crippen molar-refractivity contribution in [3.8, 4) is 0 Å². The van der Waals surface area contributed by atoms with Gasteiger partial charge in [0.05, 0.1) is 0 Å². The van der Waals surface area contributed by atoms with Gasteiger partial charge in [-0.05, 0) is 25.3 Å². The van der Waals surface area contributed by atoms with Crippen molar-refractivity contribution in [1.29, 1.82) is 0 Å². The average molecular weight is 250 g/mol. The Hall–Kier alpha value is -1.98. The molecule has 6 nitrogen and oxygen atoms in total. The van der Waals surface area contributed by atoms with Crippen LogP contribution in [0.2, 0.25) is 0 Å². The molecule has 1 aliphatic rings. The zero-order valence-corrected chi connectivity index (χ0v) is 10.2. The number of anilines is 1. The van der Waals surface area contributed by atoms with E-state index >= 15 is 0 Å². The summed E-state index contributed by atoms with van der Waals surface area (Å²) in [6, 6.07) is 1.98. The third-order valence-corrected chi connectivity index (χ3v) is 2.76. The highest BCUT2D eigenvalue weighted by atomic mass is 16.2. The van der Waals surface area contributed by atoms with E-state index < -0.39 is 0 Å².